The average Bonchev–Trinajstić information content (AvgIpc) is 2.66. The van der Waals surface area contributed by atoms with E-state index in [1.165, 1.54) is 7.11 Å². The summed E-state index contributed by atoms with van der Waals surface area (Å²) in [4.78, 5) is 11.5. The van der Waals surface area contributed by atoms with E-state index in [0.29, 0.717) is 6.42 Å². The minimum Gasteiger partial charge on any atom is -0.497 e. The van der Waals surface area contributed by atoms with Crippen molar-refractivity contribution in [1.29, 1.82) is 0 Å². The second kappa shape index (κ2) is 12.7. The summed E-state index contributed by atoms with van der Waals surface area (Å²) in [5.41, 5.74) is 2.87. The number of unbranched alkanes of at least 4 members (excludes halogenated alkanes) is 3. The van der Waals surface area contributed by atoms with E-state index in [4.69, 9.17) is 23.1 Å². The number of rotatable bonds is 13. The molecule has 0 saturated carbocycles. The van der Waals surface area contributed by atoms with Crippen molar-refractivity contribution in [3.63, 3.8) is 0 Å². The minimum atomic E-state index is -3.90. The van der Waals surface area contributed by atoms with Gasteiger partial charge in [-0.05, 0) is 30.5 Å². The first-order valence-corrected chi connectivity index (χ1v) is 10.0. The molecule has 1 unspecified atom stereocenters. The lowest BCUT2D eigenvalue weighted by molar-refractivity contribution is 0.0615. The van der Waals surface area contributed by atoms with Gasteiger partial charge in [0.2, 0.25) is 0 Å². The van der Waals surface area contributed by atoms with Gasteiger partial charge in [-0.15, -0.1) is 0 Å². The normalized spacial score (nSPS) is 13.0. The van der Waals surface area contributed by atoms with Gasteiger partial charge in [-0.1, -0.05) is 38.3 Å². The summed E-state index contributed by atoms with van der Waals surface area (Å²) in [6, 6.07) is 7.40. The molecule has 1 amide bonds. The van der Waals surface area contributed by atoms with Gasteiger partial charge in [-0.2, -0.15) is 10.1 Å². The van der Waals surface area contributed by atoms with Gasteiger partial charge >= 0.3 is 13.9 Å². The molecule has 0 radical (unpaired) electrons. The second-order valence-electron chi connectivity index (χ2n) is 5.45. The molecule has 1 aromatic carbocycles. The van der Waals surface area contributed by atoms with Gasteiger partial charge < -0.3 is 9.47 Å². The molecule has 1 aromatic rings. The molecule has 8 nitrogen and oxygen atoms in total. The quantitative estimate of drug-likeness (QED) is 0.306. The smallest absolute Gasteiger partial charge is 0.496 e. The SMILES string of the molecule is CCCCCCOC(=O)NOP(=O)(OC)OCCc1cccc(OC)c1. The highest BCUT2D eigenvalue weighted by Crippen LogP contribution is 2.47. The standard InChI is InChI=1S/C17H28NO7P/c1-4-5-6-7-12-23-17(19)18-25-26(20,22-3)24-13-11-15-9-8-10-16(14-15)21-2/h8-10,14H,4-7,11-13H2,1-3H3,(H,18,19). The molecule has 1 atom stereocenters. The fourth-order valence-corrected chi connectivity index (χ4v) is 2.77. The van der Waals surface area contributed by atoms with E-state index in [1.54, 1.807) is 7.11 Å². The number of hydroxylamine groups is 1. The van der Waals surface area contributed by atoms with Crippen molar-refractivity contribution in [3.8, 4) is 5.75 Å². The molecule has 0 aliphatic carbocycles. The van der Waals surface area contributed by atoms with Gasteiger partial charge in [0.05, 0.1) is 20.3 Å². The van der Waals surface area contributed by atoms with Gasteiger partial charge in [0, 0.05) is 7.11 Å². The number of carbonyl (C=O) groups excluding carboxylic acids is 1. The summed E-state index contributed by atoms with van der Waals surface area (Å²) in [7, 11) is -1.15. The number of ether oxygens (including phenoxy) is 2. The van der Waals surface area contributed by atoms with Crippen LogP contribution in [0.15, 0.2) is 24.3 Å². The van der Waals surface area contributed by atoms with Crippen LogP contribution < -0.4 is 10.2 Å². The second-order valence-corrected chi connectivity index (χ2v) is 7.15. The Morgan fingerprint density at radius 3 is 2.65 bits per heavy atom. The van der Waals surface area contributed by atoms with Crippen LogP contribution in [0.5, 0.6) is 5.75 Å². The zero-order valence-electron chi connectivity index (χ0n) is 15.6. The van der Waals surface area contributed by atoms with Crippen molar-refractivity contribution in [2.75, 3.05) is 27.4 Å². The number of carbonyl (C=O) groups is 1. The van der Waals surface area contributed by atoms with Crippen molar-refractivity contribution >= 4 is 13.9 Å². The molecule has 9 heteroatoms. The molecular formula is C17H28NO7P. The van der Waals surface area contributed by atoms with E-state index in [1.807, 2.05) is 29.7 Å². The first kappa shape index (κ1) is 22.4. The van der Waals surface area contributed by atoms with Crippen LogP contribution in [0.2, 0.25) is 0 Å². The molecule has 148 valence electrons. The predicted octanol–water partition coefficient (Wildman–Crippen LogP) is 4.25. The van der Waals surface area contributed by atoms with Crippen LogP contribution in [0.25, 0.3) is 0 Å². The Morgan fingerprint density at radius 2 is 1.96 bits per heavy atom. The van der Waals surface area contributed by atoms with Crippen molar-refractivity contribution in [3.05, 3.63) is 29.8 Å². The Hall–Kier alpha value is -1.60. The summed E-state index contributed by atoms with van der Waals surface area (Å²) in [6.45, 7) is 2.44. The van der Waals surface area contributed by atoms with E-state index >= 15 is 0 Å². The average molecular weight is 389 g/mol. The third-order valence-corrected chi connectivity index (χ3v) is 4.73. The van der Waals surface area contributed by atoms with E-state index < -0.39 is 13.9 Å². The molecule has 1 rings (SSSR count). The molecule has 0 saturated heterocycles. The van der Waals surface area contributed by atoms with Gasteiger partial charge in [-0.3, -0.25) is 9.05 Å². The molecule has 0 aliphatic rings. The molecule has 0 aromatic heterocycles. The summed E-state index contributed by atoms with van der Waals surface area (Å²) >= 11 is 0. The highest BCUT2D eigenvalue weighted by atomic mass is 31.2. The Kier molecular flexibility index (Phi) is 11.0. The maximum Gasteiger partial charge on any atom is 0.496 e. The summed E-state index contributed by atoms with van der Waals surface area (Å²) < 4.78 is 37.0. The number of hydrogen-bond donors (Lipinski definition) is 1. The highest BCUT2D eigenvalue weighted by Gasteiger charge is 2.27. The summed E-state index contributed by atoms with van der Waals surface area (Å²) in [5, 5.41) is 0. The van der Waals surface area contributed by atoms with E-state index in [2.05, 4.69) is 6.92 Å². The third-order valence-electron chi connectivity index (χ3n) is 3.47. The van der Waals surface area contributed by atoms with Crippen LogP contribution in [0.4, 0.5) is 4.79 Å². The van der Waals surface area contributed by atoms with Crippen LogP contribution >= 0.6 is 7.82 Å². The van der Waals surface area contributed by atoms with Gasteiger partial charge in [0.1, 0.15) is 5.75 Å². The predicted molar refractivity (Wildman–Crippen MR) is 97.0 cm³/mol. The fourth-order valence-electron chi connectivity index (χ4n) is 2.04. The summed E-state index contributed by atoms with van der Waals surface area (Å²) in [6.07, 6.45) is 3.56. The minimum absolute atomic E-state index is 0.0754. The molecular weight excluding hydrogens is 361 g/mol. The highest BCUT2D eigenvalue weighted by molar-refractivity contribution is 7.48. The zero-order chi connectivity index (χ0) is 19.3. The molecule has 0 fully saturated rings. The zero-order valence-corrected chi connectivity index (χ0v) is 16.5. The van der Waals surface area contributed by atoms with Crippen LogP contribution in [0.3, 0.4) is 0 Å². The monoisotopic (exact) mass is 389 g/mol. The Bertz CT molecular complexity index is 582. The molecule has 0 aliphatic heterocycles. The number of hydrogen-bond acceptors (Lipinski definition) is 7. The lowest BCUT2D eigenvalue weighted by Crippen LogP contribution is -2.24. The first-order valence-electron chi connectivity index (χ1n) is 8.57. The number of benzene rings is 1. The van der Waals surface area contributed by atoms with E-state index in [9.17, 15) is 9.36 Å². The van der Waals surface area contributed by atoms with Gasteiger partial charge in [0.25, 0.3) is 0 Å². The van der Waals surface area contributed by atoms with Crippen molar-refractivity contribution in [1.82, 2.24) is 5.48 Å². The van der Waals surface area contributed by atoms with Crippen molar-refractivity contribution in [2.24, 2.45) is 0 Å². The lowest BCUT2D eigenvalue weighted by atomic mass is 10.1. The van der Waals surface area contributed by atoms with Crippen molar-refractivity contribution < 1.29 is 32.5 Å². The molecule has 0 heterocycles. The van der Waals surface area contributed by atoms with Crippen LogP contribution in [0, 0.1) is 0 Å². The first-order chi connectivity index (χ1) is 12.5. The molecule has 26 heavy (non-hydrogen) atoms. The van der Waals surface area contributed by atoms with E-state index in [0.717, 1.165) is 37.0 Å². The van der Waals surface area contributed by atoms with Crippen molar-refractivity contribution in [2.45, 2.75) is 39.0 Å². The topological polar surface area (TPSA) is 92.3 Å². The number of nitrogens with one attached hydrogen (secondary N) is 1. The van der Waals surface area contributed by atoms with Crippen LogP contribution in [-0.2, 0) is 29.4 Å². The third kappa shape index (κ3) is 9.20. The summed E-state index contributed by atoms with van der Waals surface area (Å²) in [5.74, 6) is 0.719. The Morgan fingerprint density at radius 1 is 1.15 bits per heavy atom. The lowest BCUT2D eigenvalue weighted by Gasteiger charge is -2.15. The fraction of sp³-hybridized carbons (Fsp3) is 0.588. The van der Waals surface area contributed by atoms with Gasteiger partial charge in [0.15, 0.2) is 0 Å². The van der Waals surface area contributed by atoms with Crippen LogP contribution in [0.1, 0.15) is 38.2 Å². The van der Waals surface area contributed by atoms with E-state index in [-0.39, 0.29) is 13.2 Å². The van der Waals surface area contributed by atoms with Crippen LogP contribution in [-0.4, -0.2) is 33.5 Å². The molecule has 1 N–H and O–H groups in total. The van der Waals surface area contributed by atoms with Gasteiger partial charge in [-0.25, -0.2) is 9.36 Å². The number of phosphoric ester groups is 1. The maximum atomic E-state index is 12.3. The Labute approximate surface area is 154 Å². The number of methoxy groups -OCH3 is 1. The molecule has 0 bridgehead atoms. The maximum absolute atomic E-state index is 12.3. The number of amides is 1. The molecule has 0 spiro atoms. The largest absolute Gasteiger partial charge is 0.497 e. The Balaban J connectivity index is 2.31. The number of phosphoric acid groups is 1.